The minimum absolute atomic E-state index is 0.0521. The van der Waals surface area contributed by atoms with Gasteiger partial charge in [0.2, 0.25) is 5.28 Å². The number of nitro benzene ring substituents is 1. The van der Waals surface area contributed by atoms with Crippen LogP contribution in [0, 0.1) is 10.1 Å². The third-order valence-corrected chi connectivity index (χ3v) is 3.04. The SMILES string of the molecule is O=[N+]([O-])c1ccccc1Cn1ncc2cnc(Cl)nc21. The van der Waals surface area contributed by atoms with Crippen molar-refractivity contribution in [3.8, 4) is 0 Å². The monoisotopic (exact) mass is 289 g/mol. The van der Waals surface area contributed by atoms with Gasteiger partial charge in [0.05, 0.1) is 28.6 Å². The third kappa shape index (κ3) is 2.19. The highest BCUT2D eigenvalue weighted by Crippen LogP contribution is 2.20. The number of nitrogens with zero attached hydrogens (tertiary/aromatic N) is 5. The third-order valence-electron chi connectivity index (χ3n) is 2.86. The van der Waals surface area contributed by atoms with Gasteiger partial charge < -0.3 is 0 Å². The van der Waals surface area contributed by atoms with E-state index in [1.165, 1.54) is 6.07 Å². The zero-order valence-corrected chi connectivity index (χ0v) is 10.9. The van der Waals surface area contributed by atoms with Crippen LogP contribution in [0.25, 0.3) is 11.0 Å². The first kappa shape index (κ1) is 12.5. The molecule has 1 aromatic carbocycles. The lowest BCUT2D eigenvalue weighted by atomic mass is 10.2. The maximum atomic E-state index is 11.0. The summed E-state index contributed by atoms with van der Waals surface area (Å²) in [4.78, 5) is 18.5. The number of rotatable bonds is 3. The van der Waals surface area contributed by atoms with Crippen molar-refractivity contribution in [3.63, 3.8) is 0 Å². The molecular formula is C12H8ClN5O2. The second-order valence-electron chi connectivity index (χ2n) is 4.11. The van der Waals surface area contributed by atoms with Gasteiger partial charge in [-0.25, -0.2) is 9.67 Å². The van der Waals surface area contributed by atoms with E-state index in [0.717, 1.165) is 5.39 Å². The van der Waals surface area contributed by atoms with Crippen molar-refractivity contribution < 1.29 is 4.92 Å². The molecule has 0 radical (unpaired) electrons. The minimum atomic E-state index is -0.414. The summed E-state index contributed by atoms with van der Waals surface area (Å²) < 4.78 is 1.56. The Morgan fingerprint density at radius 2 is 2.10 bits per heavy atom. The average Bonchev–Trinajstić information content (AvgIpc) is 2.82. The van der Waals surface area contributed by atoms with E-state index in [2.05, 4.69) is 15.1 Å². The number of halogens is 1. The van der Waals surface area contributed by atoms with Crippen LogP contribution in [0.2, 0.25) is 5.28 Å². The van der Waals surface area contributed by atoms with Crippen LogP contribution in [-0.4, -0.2) is 24.7 Å². The van der Waals surface area contributed by atoms with Gasteiger partial charge in [0.15, 0.2) is 5.65 Å². The number of aromatic nitrogens is 4. The lowest BCUT2D eigenvalue weighted by Crippen LogP contribution is -2.05. The van der Waals surface area contributed by atoms with Gasteiger partial charge in [0, 0.05) is 12.3 Å². The first-order valence-electron chi connectivity index (χ1n) is 5.71. The second-order valence-corrected chi connectivity index (χ2v) is 4.44. The highest BCUT2D eigenvalue weighted by atomic mass is 35.5. The first-order chi connectivity index (χ1) is 9.65. The fourth-order valence-electron chi connectivity index (χ4n) is 1.95. The molecule has 7 nitrogen and oxygen atoms in total. The smallest absolute Gasteiger partial charge is 0.258 e. The lowest BCUT2D eigenvalue weighted by molar-refractivity contribution is -0.385. The standard InChI is InChI=1S/C12H8ClN5O2/c13-12-14-5-9-6-15-17(11(9)16-12)7-8-3-1-2-4-10(8)18(19)20/h1-6H,7H2. The Balaban J connectivity index is 2.06. The second kappa shape index (κ2) is 4.86. The summed E-state index contributed by atoms with van der Waals surface area (Å²) in [5.74, 6) is 0. The van der Waals surface area contributed by atoms with Crippen LogP contribution < -0.4 is 0 Å². The van der Waals surface area contributed by atoms with Crippen molar-refractivity contribution in [2.45, 2.75) is 6.54 Å². The van der Waals surface area contributed by atoms with Crippen molar-refractivity contribution in [1.29, 1.82) is 0 Å². The van der Waals surface area contributed by atoms with E-state index in [1.807, 2.05) is 0 Å². The molecule has 0 unspecified atom stereocenters. The summed E-state index contributed by atoms with van der Waals surface area (Å²) in [7, 11) is 0. The molecule has 100 valence electrons. The number of para-hydroxylation sites is 1. The molecule has 0 N–H and O–H groups in total. The van der Waals surface area contributed by atoms with Crippen LogP contribution >= 0.6 is 11.6 Å². The van der Waals surface area contributed by atoms with E-state index in [4.69, 9.17) is 11.6 Å². The molecule has 0 aliphatic heterocycles. The fourth-order valence-corrected chi connectivity index (χ4v) is 2.07. The van der Waals surface area contributed by atoms with Gasteiger partial charge in [-0.2, -0.15) is 10.1 Å². The molecule has 0 aliphatic carbocycles. The van der Waals surface area contributed by atoms with Gasteiger partial charge in [-0.05, 0) is 11.6 Å². The van der Waals surface area contributed by atoms with Gasteiger partial charge in [0.1, 0.15) is 0 Å². The molecule has 0 fully saturated rings. The highest BCUT2D eigenvalue weighted by Gasteiger charge is 2.14. The fraction of sp³-hybridized carbons (Fsp3) is 0.0833. The maximum Gasteiger partial charge on any atom is 0.274 e. The zero-order valence-electron chi connectivity index (χ0n) is 10.1. The Hall–Kier alpha value is -2.54. The van der Waals surface area contributed by atoms with Crippen molar-refractivity contribution in [1.82, 2.24) is 19.7 Å². The Labute approximate surface area is 118 Å². The normalized spacial score (nSPS) is 10.8. The predicted molar refractivity (Wildman–Crippen MR) is 72.5 cm³/mol. The molecule has 20 heavy (non-hydrogen) atoms. The van der Waals surface area contributed by atoms with Crippen LogP contribution in [0.1, 0.15) is 5.56 Å². The van der Waals surface area contributed by atoms with E-state index < -0.39 is 4.92 Å². The molecule has 0 bridgehead atoms. The summed E-state index contributed by atoms with van der Waals surface area (Å²) >= 11 is 5.76. The Morgan fingerprint density at radius 3 is 2.90 bits per heavy atom. The van der Waals surface area contributed by atoms with Gasteiger partial charge in [0.25, 0.3) is 5.69 Å². The van der Waals surface area contributed by atoms with Gasteiger partial charge in [-0.15, -0.1) is 0 Å². The molecule has 0 saturated carbocycles. The van der Waals surface area contributed by atoms with E-state index in [-0.39, 0.29) is 17.5 Å². The van der Waals surface area contributed by atoms with Crippen LogP contribution in [0.15, 0.2) is 36.7 Å². The molecule has 3 aromatic rings. The van der Waals surface area contributed by atoms with Gasteiger partial charge in [-0.1, -0.05) is 18.2 Å². The predicted octanol–water partition coefficient (Wildman–Crippen LogP) is 2.44. The first-order valence-corrected chi connectivity index (χ1v) is 6.09. The lowest BCUT2D eigenvalue weighted by Gasteiger charge is -2.04. The number of hydrogen-bond donors (Lipinski definition) is 0. The minimum Gasteiger partial charge on any atom is -0.258 e. The number of nitro groups is 1. The molecule has 0 spiro atoms. The van der Waals surface area contributed by atoms with E-state index in [0.29, 0.717) is 11.2 Å². The highest BCUT2D eigenvalue weighted by molar-refractivity contribution is 6.28. The van der Waals surface area contributed by atoms with Crippen LogP contribution in [-0.2, 0) is 6.54 Å². The summed E-state index contributed by atoms with van der Waals surface area (Å²) in [6.45, 7) is 0.244. The maximum absolute atomic E-state index is 11.0. The molecule has 2 heterocycles. The molecule has 3 rings (SSSR count). The van der Waals surface area contributed by atoms with Crippen LogP contribution in [0.5, 0.6) is 0 Å². The van der Waals surface area contributed by atoms with E-state index >= 15 is 0 Å². The molecule has 0 saturated heterocycles. The van der Waals surface area contributed by atoms with Gasteiger partial charge in [-0.3, -0.25) is 10.1 Å². The summed E-state index contributed by atoms with van der Waals surface area (Å²) in [6, 6.07) is 6.52. The summed E-state index contributed by atoms with van der Waals surface area (Å²) in [6.07, 6.45) is 3.16. The molecule has 0 amide bonds. The van der Waals surface area contributed by atoms with Crippen molar-refractivity contribution in [2.24, 2.45) is 0 Å². The summed E-state index contributed by atoms with van der Waals surface area (Å²) in [5, 5.41) is 16.0. The Morgan fingerprint density at radius 1 is 1.30 bits per heavy atom. The quantitative estimate of drug-likeness (QED) is 0.420. The van der Waals surface area contributed by atoms with Crippen molar-refractivity contribution in [3.05, 3.63) is 57.6 Å². The van der Waals surface area contributed by atoms with Crippen LogP contribution in [0.4, 0.5) is 5.69 Å². The Bertz CT molecular complexity index is 801. The molecule has 2 aromatic heterocycles. The topological polar surface area (TPSA) is 86.7 Å². The number of hydrogen-bond acceptors (Lipinski definition) is 5. The zero-order chi connectivity index (χ0) is 14.1. The van der Waals surface area contributed by atoms with Crippen LogP contribution in [0.3, 0.4) is 0 Å². The summed E-state index contributed by atoms with van der Waals surface area (Å²) in [5.41, 5.74) is 1.15. The molecule has 0 atom stereocenters. The Kier molecular flexibility index (Phi) is 3.03. The van der Waals surface area contributed by atoms with E-state index in [9.17, 15) is 10.1 Å². The number of benzene rings is 1. The molecule has 8 heteroatoms. The molecule has 0 aliphatic rings. The van der Waals surface area contributed by atoms with Crippen molar-refractivity contribution >= 4 is 28.3 Å². The van der Waals surface area contributed by atoms with Crippen molar-refractivity contribution in [2.75, 3.05) is 0 Å². The number of fused-ring (bicyclic) bond motifs is 1. The van der Waals surface area contributed by atoms with Gasteiger partial charge >= 0.3 is 0 Å². The van der Waals surface area contributed by atoms with E-state index in [1.54, 1.807) is 35.3 Å². The largest absolute Gasteiger partial charge is 0.274 e. The molecular weight excluding hydrogens is 282 g/mol. The average molecular weight is 290 g/mol.